The van der Waals surface area contributed by atoms with Crippen molar-refractivity contribution in [3.05, 3.63) is 44.6 Å². The van der Waals surface area contributed by atoms with Gasteiger partial charge in [-0.3, -0.25) is 0 Å². The van der Waals surface area contributed by atoms with Crippen molar-refractivity contribution in [1.82, 2.24) is 4.98 Å². The molecule has 2 aromatic rings. The lowest BCUT2D eigenvalue weighted by Crippen LogP contribution is -2.01. The van der Waals surface area contributed by atoms with E-state index in [1.165, 1.54) is 6.07 Å². The average molecular weight is 301 g/mol. The van der Waals surface area contributed by atoms with Crippen LogP contribution in [-0.2, 0) is 6.54 Å². The van der Waals surface area contributed by atoms with Gasteiger partial charge in [0, 0.05) is 15.5 Å². The molecule has 0 unspecified atom stereocenters. The molecule has 0 aliphatic heterocycles. The molecule has 2 rings (SSSR count). The molecule has 1 aromatic heterocycles. The van der Waals surface area contributed by atoms with Crippen molar-refractivity contribution in [3.8, 4) is 0 Å². The zero-order chi connectivity index (χ0) is 11.5. The van der Waals surface area contributed by atoms with E-state index in [2.05, 4.69) is 26.2 Å². The maximum atomic E-state index is 13.4. The van der Waals surface area contributed by atoms with E-state index in [-0.39, 0.29) is 5.82 Å². The number of aromatic nitrogens is 1. The molecule has 16 heavy (non-hydrogen) atoms. The minimum absolute atomic E-state index is 0.261. The van der Waals surface area contributed by atoms with E-state index in [1.54, 1.807) is 23.5 Å². The molecule has 0 saturated heterocycles. The molecule has 0 radical (unpaired) electrons. The molecule has 1 aromatic carbocycles. The smallest absolute Gasteiger partial charge is 0.147 e. The van der Waals surface area contributed by atoms with Crippen LogP contribution in [0.5, 0.6) is 0 Å². The predicted octanol–water partition coefficient (Wildman–Crippen LogP) is 3.97. The van der Waals surface area contributed by atoms with Gasteiger partial charge in [-0.05, 0) is 35.0 Å². The fourth-order valence-corrected chi connectivity index (χ4v) is 2.51. The van der Waals surface area contributed by atoms with Gasteiger partial charge in [0.2, 0.25) is 0 Å². The Hall–Kier alpha value is -0.940. The molecule has 1 heterocycles. The second-order valence-corrected chi connectivity index (χ2v) is 5.13. The fourth-order valence-electron chi connectivity index (χ4n) is 1.31. The van der Waals surface area contributed by atoms with Crippen molar-refractivity contribution in [3.63, 3.8) is 0 Å². The van der Waals surface area contributed by atoms with Crippen LogP contribution in [0.15, 0.2) is 28.1 Å². The van der Waals surface area contributed by atoms with Crippen LogP contribution in [0.25, 0.3) is 0 Å². The van der Waals surface area contributed by atoms with Crippen LogP contribution in [0.1, 0.15) is 10.7 Å². The summed E-state index contributed by atoms with van der Waals surface area (Å²) in [6.07, 6.45) is 0. The number of para-hydroxylation sites is 1. The summed E-state index contributed by atoms with van der Waals surface area (Å²) in [6, 6.07) is 4.90. The van der Waals surface area contributed by atoms with E-state index in [1.807, 2.05) is 12.3 Å². The third-order valence-corrected chi connectivity index (χ3v) is 3.67. The van der Waals surface area contributed by atoms with Gasteiger partial charge in [-0.1, -0.05) is 6.07 Å². The van der Waals surface area contributed by atoms with Crippen molar-refractivity contribution < 1.29 is 4.39 Å². The van der Waals surface area contributed by atoms with Crippen LogP contribution < -0.4 is 5.32 Å². The molecule has 1 N–H and O–H groups in total. The van der Waals surface area contributed by atoms with Gasteiger partial charge in [-0.15, -0.1) is 11.3 Å². The number of hydrogen-bond donors (Lipinski definition) is 1. The van der Waals surface area contributed by atoms with Crippen molar-refractivity contribution in [2.75, 3.05) is 5.32 Å². The van der Waals surface area contributed by atoms with Gasteiger partial charge in [0.05, 0.1) is 12.2 Å². The van der Waals surface area contributed by atoms with E-state index in [9.17, 15) is 4.39 Å². The van der Waals surface area contributed by atoms with Gasteiger partial charge >= 0.3 is 0 Å². The van der Waals surface area contributed by atoms with Gasteiger partial charge in [-0.2, -0.15) is 0 Å². The highest BCUT2D eigenvalue weighted by Gasteiger charge is 2.06. The van der Waals surface area contributed by atoms with Crippen LogP contribution in [-0.4, -0.2) is 4.98 Å². The number of hydrogen-bond acceptors (Lipinski definition) is 3. The number of rotatable bonds is 3. The van der Waals surface area contributed by atoms with Gasteiger partial charge in [0.25, 0.3) is 0 Å². The van der Waals surface area contributed by atoms with E-state index < -0.39 is 0 Å². The third kappa shape index (κ3) is 2.59. The number of nitrogens with zero attached hydrogens (tertiary/aromatic N) is 1. The van der Waals surface area contributed by atoms with Gasteiger partial charge in [0.15, 0.2) is 0 Å². The van der Waals surface area contributed by atoms with Gasteiger partial charge in [-0.25, -0.2) is 9.37 Å². The monoisotopic (exact) mass is 300 g/mol. The Kier molecular flexibility index (Phi) is 3.56. The second kappa shape index (κ2) is 4.93. The Labute approximate surface area is 106 Å². The second-order valence-electron chi connectivity index (χ2n) is 3.33. The zero-order valence-corrected chi connectivity index (χ0v) is 11.0. The molecule has 5 heteroatoms. The van der Waals surface area contributed by atoms with Crippen LogP contribution >= 0.6 is 27.3 Å². The standard InChI is InChI=1S/C11H10BrFN2S/c1-7-6-16-10(15-7)5-14-11-8(12)3-2-4-9(11)13/h2-4,6,14H,5H2,1H3. The first-order valence-corrected chi connectivity index (χ1v) is 6.43. The molecule has 84 valence electrons. The van der Waals surface area contributed by atoms with E-state index in [4.69, 9.17) is 0 Å². The molecular weight excluding hydrogens is 291 g/mol. The quantitative estimate of drug-likeness (QED) is 0.928. The SMILES string of the molecule is Cc1csc(CNc2c(F)cccc2Br)n1. The van der Waals surface area contributed by atoms with Gasteiger partial charge in [0.1, 0.15) is 10.8 Å². The number of thiazole rings is 1. The molecule has 0 saturated carbocycles. The van der Waals surface area contributed by atoms with Crippen molar-refractivity contribution >= 4 is 33.0 Å². The summed E-state index contributed by atoms with van der Waals surface area (Å²) < 4.78 is 14.2. The fraction of sp³-hybridized carbons (Fsp3) is 0.182. The maximum absolute atomic E-state index is 13.4. The third-order valence-electron chi connectivity index (χ3n) is 2.05. The van der Waals surface area contributed by atoms with Gasteiger partial charge < -0.3 is 5.32 Å². The number of nitrogens with one attached hydrogen (secondary N) is 1. The van der Waals surface area contributed by atoms with Crippen LogP contribution in [0.4, 0.5) is 10.1 Å². The summed E-state index contributed by atoms with van der Waals surface area (Å²) >= 11 is 4.88. The molecular formula is C11H10BrFN2S. The van der Waals surface area contributed by atoms with E-state index >= 15 is 0 Å². The summed E-state index contributed by atoms with van der Waals surface area (Å²) in [4.78, 5) is 4.30. The first-order chi connectivity index (χ1) is 7.66. The molecule has 0 aliphatic rings. The van der Waals surface area contributed by atoms with Crippen molar-refractivity contribution in [1.29, 1.82) is 0 Å². The number of benzene rings is 1. The summed E-state index contributed by atoms with van der Waals surface area (Å²) in [5, 5.41) is 5.97. The lowest BCUT2D eigenvalue weighted by molar-refractivity contribution is 0.629. The summed E-state index contributed by atoms with van der Waals surface area (Å²) in [6.45, 7) is 2.48. The highest BCUT2D eigenvalue weighted by Crippen LogP contribution is 2.25. The normalized spacial score (nSPS) is 10.4. The van der Waals surface area contributed by atoms with Crippen molar-refractivity contribution in [2.45, 2.75) is 13.5 Å². The summed E-state index contributed by atoms with van der Waals surface area (Å²) in [5.74, 6) is -0.261. The first kappa shape index (κ1) is 11.5. The van der Waals surface area contributed by atoms with Crippen LogP contribution in [0.2, 0.25) is 0 Å². The molecule has 0 bridgehead atoms. The Morgan fingerprint density at radius 2 is 2.31 bits per heavy atom. The number of anilines is 1. The molecule has 0 aliphatic carbocycles. The minimum atomic E-state index is -0.261. The maximum Gasteiger partial charge on any atom is 0.147 e. The van der Waals surface area contributed by atoms with E-state index in [0.29, 0.717) is 12.2 Å². The molecule has 0 fully saturated rings. The number of halogens is 2. The zero-order valence-electron chi connectivity index (χ0n) is 8.63. The molecule has 0 atom stereocenters. The lowest BCUT2D eigenvalue weighted by atomic mass is 10.3. The Morgan fingerprint density at radius 1 is 1.50 bits per heavy atom. The highest BCUT2D eigenvalue weighted by atomic mass is 79.9. The number of aryl methyl sites for hydroxylation is 1. The topological polar surface area (TPSA) is 24.9 Å². The molecule has 0 amide bonds. The van der Waals surface area contributed by atoms with Crippen LogP contribution in [0.3, 0.4) is 0 Å². The Balaban J connectivity index is 2.10. The predicted molar refractivity (Wildman–Crippen MR) is 68.3 cm³/mol. The summed E-state index contributed by atoms with van der Waals surface area (Å²) in [5.41, 5.74) is 1.48. The largest absolute Gasteiger partial charge is 0.375 e. The average Bonchev–Trinajstić information content (AvgIpc) is 2.63. The Bertz CT molecular complexity index is 478. The van der Waals surface area contributed by atoms with E-state index in [0.717, 1.165) is 15.2 Å². The minimum Gasteiger partial charge on any atom is -0.375 e. The lowest BCUT2D eigenvalue weighted by Gasteiger charge is -2.07. The molecule has 0 spiro atoms. The summed E-state index contributed by atoms with van der Waals surface area (Å²) in [7, 11) is 0. The first-order valence-electron chi connectivity index (χ1n) is 4.75. The molecule has 2 nitrogen and oxygen atoms in total. The van der Waals surface area contributed by atoms with Crippen LogP contribution in [0, 0.1) is 12.7 Å². The highest BCUT2D eigenvalue weighted by molar-refractivity contribution is 9.10. The Morgan fingerprint density at radius 3 is 2.94 bits per heavy atom. The van der Waals surface area contributed by atoms with Crippen molar-refractivity contribution in [2.24, 2.45) is 0 Å².